The van der Waals surface area contributed by atoms with Crippen LogP contribution in [0.15, 0.2) is 29.2 Å². The second-order valence-corrected chi connectivity index (χ2v) is 3.93. The lowest BCUT2D eigenvalue weighted by molar-refractivity contribution is 0.230. The molecular formula is C10H14N2OS. The Bertz CT molecular complexity index is 308. The number of urea groups is 1. The first-order valence-corrected chi connectivity index (χ1v) is 5.48. The summed E-state index contributed by atoms with van der Waals surface area (Å²) in [5.74, 6) is 0. The third-order valence-corrected chi connectivity index (χ3v) is 2.49. The predicted octanol–water partition coefficient (Wildman–Crippen LogP) is 2.50. The normalized spacial score (nSPS) is 9.64. The summed E-state index contributed by atoms with van der Waals surface area (Å²) in [7, 11) is 3.43. The summed E-state index contributed by atoms with van der Waals surface area (Å²) in [5, 5.41) is 2.77. The maximum Gasteiger partial charge on any atom is 0.321 e. The molecule has 1 N–H and O–H groups in total. The van der Waals surface area contributed by atoms with E-state index in [1.165, 1.54) is 9.80 Å². The summed E-state index contributed by atoms with van der Waals surface area (Å²) in [6.45, 7) is 0. The molecule has 1 rings (SSSR count). The predicted molar refractivity (Wildman–Crippen MR) is 60.9 cm³/mol. The number of nitrogens with zero attached hydrogens (tertiary/aromatic N) is 1. The Hall–Kier alpha value is -1.16. The number of carbonyl (C=O) groups excluding carboxylic acids is 1. The number of nitrogens with one attached hydrogen (secondary N) is 1. The largest absolute Gasteiger partial charge is 0.331 e. The minimum Gasteiger partial charge on any atom is -0.331 e. The highest BCUT2D eigenvalue weighted by atomic mass is 32.2. The molecule has 0 bridgehead atoms. The number of anilines is 1. The van der Waals surface area contributed by atoms with Gasteiger partial charge in [-0.3, -0.25) is 0 Å². The van der Waals surface area contributed by atoms with Crippen LogP contribution in [0.2, 0.25) is 0 Å². The van der Waals surface area contributed by atoms with Crippen molar-refractivity contribution in [2.75, 3.05) is 25.7 Å². The van der Waals surface area contributed by atoms with Crippen LogP contribution in [0.3, 0.4) is 0 Å². The molecule has 76 valence electrons. The Balaban J connectivity index is 2.64. The molecule has 0 aliphatic heterocycles. The van der Waals surface area contributed by atoms with E-state index in [2.05, 4.69) is 5.32 Å². The lowest BCUT2D eigenvalue weighted by Gasteiger charge is -2.11. The fourth-order valence-electron chi connectivity index (χ4n) is 0.910. The standard InChI is InChI=1S/C10H14N2OS/c1-12(2)10(13)11-8-4-6-9(14-3)7-5-8/h4-7H,1-3H3,(H,11,13). The average molecular weight is 210 g/mol. The Kier molecular flexibility index (Phi) is 3.83. The van der Waals surface area contributed by atoms with Crippen molar-refractivity contribution < 1.29 is 4.79 Å². The van der Waals surface area contributed by atoms with Crippen LogP contribution in [0, 0.1) is 0 Å². The molecule has 0 radical (unpaired) electrons. The molecule has 3 nitrogen and oxygen atoms in total. The van der Waals surface area contributed by atoms with Gasteiger partial charge in [-0.15, -0.1) is 11.8 Å². The Morgan fingerprint density at radius 1 is 1.29 bits per heavy atom. The van der Waals surface area contributed by atoms with Gasteiger partial charge in [-0.1, -0.05) is 0 Å². The molecule has 0 aromatic heterocycles. The van der Waals surface area contributed by atoms with Crippen LogP contribution >= 0.6 is 11.8 Å². The molecule has 0 saturated heterocycles. The monoisotopic (exact) mass is 210 g/mol. The van der Waals surface area contributed by atoms with Crippen LogP contribution in [0.1, 0.15) is 0 Å². The third kappa shape index (κ3) is 2.96. The van der Waals surface area contributed by atoms with Crippen molar-refractivity contribution in [1.29, 1.82) is 0 Å². The van der Waals surface area contributed by atoms with E-state index < -0.39 is 0 Å². The van der Waals surface area contributed by atoms with Gasteiger partial charge in [0.2, 0.25) is 0 Å². The zero-order valence-electron chi connectivity index (χ0n) is 8.57. The first kappa shape index (κ1) is 10.9. The van der Waals surface area contributed by atoms with Gasteiger partial charge in [0.1, 0.15) is 0 Å². The molecule has 4 heteroatoms. The molecule has 0 spiro atoms. The third-order valence-electron chi connectivity index (χ3n) is 1.75. The number of hydrogen-bond donors (Lipinski definition) is 1. The molecule has 0 fully saturated rings. The number of amides is 2. The second-order valence-electron chi connectivity index (χ2n) is 3.05. The van der Waals surface area contributed by atoms with E-state index in [-0.39, 0.29) is 6.03 Å². The number of rotatable bonds is 2. The van der Waals surface area contributed by atoms with Gasteiger partial charge in [0.25, 0.3) is 0 Å². The van der Waals surface area contributed by atoms with E-state index in [9.17, 15) is 4.79 Å². The highest BCUT2D eigenvalue weighted by Crippen LogP contribution is 2.17. The van der Waals surface area contributed by atoms with E-state index in [0.717, 1.165) is 5.69 Å². The average Bonchev–Trinajstić information content (AvgIpc) is 2.19. The summed E-state index contributed by atoms with van der Waals surface area (Å²) in [5.41, 5.74) is 0.821. The van der Waals surface area contributed by atoms with Crippen molar-refractivity contribution >= 4 is 23.5 Å². The van der Waals surface area contributed by atoms with Gasteiger partial charge in [-0.2, -0.15) is 0 Å². The van der Waals surface area contributed by atoms with Gasteiger partial charge >= 0.3 is 6.03 Å². The van der Waals surface area contributed by atoms with Crippen LogP contribution in [0.25, 0.3) is 0 Å². The molecule has 1 aromatic rings. The summed E-state index contributed by atoms with van der Waals surface area (Å²) < 4.78 is 0. The molecule has 0 unspecified atom stereocenters. The first-order chi connectivity index (χ1) is 6.63. The van der Waals surface area contributed by atoms with Crippen LogP contribution in [0.4, 0.5) is 10.5 Å². The van der Waals surface area contributed by atoms with Gasteiger partial charge in [0.15, 0.2) is 0 Å². The van der Waals surface area contributed by atoms with Gasteiger partial charge in [-0.05, 0) is 30.5 Å². The molecular weight excluding hydrogens is 196 g/mol. The SMILES string of the molecule is CSc1ccc(NC(=O)N(C)C)cc1. The number of thioether (sulfide) groups is 1. The van der Waals surface area contributed by atoms with Crippen LogP contribution in [-0.2, 0) is 0 Å². The highest BCUT2D eigenvalue weighted by Gasteiger charge is 2.02. The molecule has 0 saturated carbocycles. The molecule has 0 aliphatic carbocycles. The summed E-state index contributed by atoms with van der Waals surface area (Å²) >= 11 is 1.68. The Morgan fingerprint density at radius 2 is 1.86 bits per heavy atom. The number of benzene rings is 1. The van der Waals surface area contributed by atoms with Crippen LogP contribution in [-0.4, -0.2) is 31.3 Å². The van der Waals surface area contributed by atoms with Gasteiger partial charge in [-0.25, -0.2) is 4.79 Å². The maximum absolute atomic E-state index is 11.3. The van der Waals surface area contributed by atoms with E-state index >= 15 is 0 Å². The Morgan fingerprint density at radius 3 is 2.29 bits per heavy atom. The smallest absolute Gasteiger partial charge is 0.321 e. The summed E-state index contributed by atoms with van der Waals surface area (Å²) in [6, 6.07) is 7.65. The summed E-state index contributed by atoms with van der Waals surface area (Å²) in [6.07, 6.45) is 2.02. The minimum absolute atomic E-state index is 0.109. The van der Waals surface area contributed by atoms with Crippen molar-refractivity contribution in [3.05, 3.63) is 24.3 Å². The molecule has 2 amide bonds. The molecule has 0 aliphatic rings. The maximum atomic E-state index is 11.3. The lowest BCUT2D eigenvalue weighted by atomic mass is 10.3. The lowest BCUT2D eigenvalue weighted by Crippen LogP contribution is -2.27. The Labute approximate surface area is 88.5 Å². The first-order valence-electron chi connectivity index (χ1n) is 4.26. The molecule has 1 aromatic carbocycles. The van der Waals surface area contributed by atoms with Gasteiger partial charge in [0.05, 0.1) is 0 Å². The fourth-order valence-corrected chi connectivity index (χ4v) is 1.32. The quantitative estimate of drug-likeness (QED) is 0.761. The van der Waals surface area contributed by atoms with E-state index in [4.69, 9.17) is 0 Å². The topological polar surface area (TPSA) is 32.3 Å². The van der Waals surface area contributed by atoms with Crippen LogP contribution < -0.4 is 5.32 Å². The van der Waals surface area contributed by atoms with E-state index in [1.807, 2.05) is 30.5 Å². The van der Waals surface area contributed by atoms with Crippen molar-refractivity contribution in [2.45, 2.75) is 4.90 Å². The van der Waals surface area contributed by atoms with E-state index in [1.54, 1.807) is 25.9 Å². The zero-order valence-corrected chi connectivity index (χ0v) is 9.39. The molecule has 0 atom stereocenters. The second kappa shape index (κ2) is 4.91. The van der Waals surface area contributed by atoms with Crippen molar-refractivity contribution in [3.8, 4) is 0 Å². The van der Waals surface area contributed by atoms with Crippen molar-refractivity contribution in [1.82, 2.24) is 4.90 Å². The van der Waals surface area contributed by atoms with Crippen molar-refractivity contribution in [3.63, 3.8) is 0 Å². The van der Waals surface area contributed by atoms with Gasteiger partial charge in [0, 0.05) is 24.7 Å². The minimum atomic E-state index is -0.109. The summed E-state index contributed by atoms with van der Waals surface area (Å²) in [4.78, 5) is 14.0. The van der Waals surface area contributed by atoms with Crippen molar-refractivity contribution in [2.24, 2.45) is 0 Å². The molecule has 0 heterocycles. The number of carbonyl (C=O) groups is 1. The number of hydrogen-bond acceptors (Lipinski definition) is 2. The fraction of sp³-hybridized carbons (Fsp3) is 0.300. The van der Waals surface area contributed by atoms with Crippen LogP contribution in [0.5, 0.6) is 0 Å². The zero-order chi connectivity index (χ0) is 10.6. The van der Waals surface area contributed by atoms with Gasteiger partial charge < -0.3 is 10.2 Å². The molecule has 14 heavy (non-hydrogen) atoms. The highest BCUT2D eigenvalue weighted by molar-refractivity contribution is 7.98. The van der Waals surface area contributed by atoms with E-state index in [0.29, 0.717) is 0 Å².